The molecule has 0 aromatic heterocycles. The predicted molar refractivity (Wildman–Crippen MR) is 71.5 cm³/mol. The molecule has 0 spiro atoms. The van der Waals surface area contributed by atoms with Crippen molar-refractivity contribution in [2.75, 3.05) is 5.73 Å². The van der Waals surface area contributed by atoms with Gasteiger partial charge in [-0.3, -0.25) is 5.84 Å². The largest absolute Gasteiger partial charge is 0.398 e. The molecule has 0 fully saturated rings. The van der Waals surface area contributed by atoms with Gasteiger partial charge in [-0.1, -0.05) is 41.9 Å². The Labute approximate surface area is 105 Å². The molecule has 0 radical (unpaired) electrons. The van der Waals surface area contributed by atoms with Gasteiger partial charge >= 0.3 is 0 Å². The molecular formula is C13H14ClN3. The Morgan fingerprint density at radius 3 is 2.24 bits per heavy atom. The maximum Gasteiger partial charge on any atom is 0.0730 e. The van der Waals surface area contributed by atoms with Gasteiger partial charge < -0.3 is 5.73 Å². The molecule has 2 aromatic rings. The first kappa shape index (κ1) is 11.9. The van der Waals surface area contributed by atoms with Crippen LogP contribution < -0.4 is 17.0 Å². The summed E-state index contributed by atoms with van der Waals surface area (Å²) in [4.78, 5) is 0. The number of para-hydroxylation sites is 1. The first-order chi connectivity index (χ1) is 8.22. The van der Waals surface area contributed by atoms with Gasteiger partial charge in [-0.25, -0.2) is 5.43 Å². The topological polar surface area (TPSA) is 64.1 Å². The van der Waals surface area contributed by atoms with Crippen LogP contribution in [0.2, 0.25) is 5.02 Å². The van der Waals surface area contributed by atoms with Crippen LogP contribution in [-0.4, -0.2) is 0 Å². The SMILES string of the molecule is NNC(c1ccc(Cl)cc1)c1ccccc1N. The molecule has 1 atom stereocenters. The molecule has 0 aliphatic carbocycles. The number of hydrazine groups is 1. The standard InChI is InChI=1S/C13H14ClN3/c14-10-7-5-9(6-8-10)13(17-16)11-3-1-2-4-12(11)15/h1-8,13,17H,15-16H2. The van der Waals surface area contributed by atoms with Gasteiger partial charge in [0.1, 0.15) is 0 Å². The zero-order valence-electron chi connectivity index (χ0n) is 9.23. The summed E-state index contributed by atoms with van der Waals surface area (Å²) in [6.07, 6.45) is 0. The summed E-state index contributed by atoms with van der Waals surface area (Å²) in [6.45, 7) is 0. The van der Waals surface area contributed by atoms with E-state index in [2.05, 4.69) is 5.43 Å². The van der Waals surface area contributed by atoms with Crippen LogP contribution in [0.4, 0.5) is 5.69 Å². The van der Waals surface area contributed by atoms with Crippen LogP contribution in [0.3, 0.4) is 0 Å². The minimum atomic E-state index is -0.131. The van der Waals surface area contributed by atoms with E-state index in [1.807, 2.05) is 48.5 Å². The van der Waals surface area contributed by atoms with Crippen molar-refractivity contribution in [1.82, 2.24) is 5.43 Å². The second kappa shape index (κ2) is 5.19. The summed E-state index contributed by atoms with van der Waals surface area (Å²) >= 11 is 5.86. The maximum atomic E-state index is 5.94. The van der Waals surface area contributed by atoms with Crippen molar-refractivity contribution >= 4 is 17.3 Å². The van der Waals surface area contributed by atoms with Gasteiger partial charge in [-0.15, -0.1) is 0 Å². The van der Waals surface area contributed by atoms with E-state index in [0.29, 0.717) is 10.7 Å². The molecule has 0 saturated carbocycles. The van der Waals surface area contributed by atoms with E-state index in [-0.39, 0.29) is 6.04 Å². The minimum Gasteiger partial charge on any atom is -0.398 e. The van der Waals surface area contributed by atoms with Crippen LogP contribution >= 0.6 is 11.6 Å². The van der Waals surface area contributed by atoms with Crippen molar-refractivity contribution in [2.24, 2.45) is 5.84 Å². The van der Waals surface area contributed by atoms with Crippen LogP contribution in [0.15, 0.2) is 48.5 Å². The molecule has 3 nitrogen and oxygen atoms in total. The molecule has 17 heavy (non-hydrogen) atoms. The zero-order chi connectivity index (χ0) is 12.3. The maximum absolute atomic E-state index is 5.94. The molecule has 2 rings (SSSR count). The average Bonchev–Trinajstić information content (AvgIpc) is 2.35. The first-order valence-electron chi connectivity index (χ1n) is 5.28. The molecule has 0 heterocycles. The van der Waals surface area contributed by atoms with E-state index in [1.54, 1.807) is 0 Å². The molecule has 0 aliphatic rings. The Morgan fingerprint density at radius 2 is 1.65 bits per heavy atom. The van der Waals surface area contributed by atoms with Gasteiger partial charge in [-0.2, -0.15) is 0 Å². The summed E-state index contributed by atoms with van der Waals surface area (Å²) in [6, 6.07) is 15.0. The normalized spacial score (nSPS) is 12.4. The molecule has 88 valence electrons. The molecule has 1 unspecified atom stereocenters. The quantitative estimate of drug-likeness (QED) is 0.444. The van der Waals surface area contributed by atoms with Gasteiger partial charge in [0, 0.05) is 10.7 Å². The molecule has 2 aromatic carbocycles. The average molecular weight is 248 g/mol. The van der Waals surface area contributed by atoms with Crippen molar-refractivity contribution < 1.29 is 0 Å². The van der Waals surface area contributed by atoms with E-state index >= 15 is 0 Å². The molecular weight excluding hydrogens is 234 g/mol. The van der Waals surface area contributed by atoms with Crippen LogP contribution in [0, 0.1) is 0 Å². The van der Waals surface area contributed by atoms with Crippen molar-refractivity contribution in [3.63, 3.8) is 0 Å². The number of halogens is 1. The molecule has 0 amide bonds. The molecule has 4 heteroatoms. The van der Waals surface area contributed by atoms with Gasteiger partial charge in [0.05, 0.1) is 6.04 Å². The van der Waals surface area contributed by atoms with Crippen molar-refractivity contribution in [3.8, 4) is 0 Å². The summed E-state index contributed by atoms with van der Waals surface area (Å²) in [5.74, 6) is 5.61. The monoisotopic (exact) mass is 247 g/mol. The van der Waals surface area contributed by atoms with E-state index in [9.17, 15) is 0 Å². The first-order valence-corrected chi connectivity index (χ1v) is 5.66. The van der Waals surface area contributed by atoms with Crippen LogP contribution in [0.25, 0.3) is 0 Å². The van der Waals surface area contributed by atoms with E-state index in [4.69, 9.17) is 23.2 Å². The summed E-state index contributed by atoms with van der Waals surface area (Å²) < 4.78 is 0. The lowest BCUT2D eigenvalue weighted by Crippen LogP contribution is -2.29. The number of benzene rings is 2. The number of nitrogen functional groups attached to an aromatic ring is 1. The number of hydrogen-bond acceptors (Lipinski definition) is 3. The van der Waals surface area contributed by atoms with Crippen LogP contribution in [0.5, 0.6) is 0 Å². The summed E-state index contributed by atoms with van der Waals surface area (Å²) in [5, 5.41) is 0.700. The highest BCUT2D eigenvalue weighted by molar-refractivity contribution is 6.30. The van der Waals surface area contributed by atoms with Crippen molar-refractivity contribution in [1.29, 1.82) is 0 Å². The Balaban J connectivity index is 2.40. The zero-order valence-corrected chi connectivity index (χ0v) is 9.98. The number of nitrogens with one attached hydrogen (secondary N) is 1. The molecule has 0 aliphatic heterocycles. The number of anilines is 1. The smallest absolute Gasteiger partial charge is 0.0730 e. The number of nitrogens with two attached hydrogens (primary N) is 2. The van der Waals surface area contributed by atoms with Gasteiger partial charge in [0.15, 0.2) is 0 Å². The van der Waals surface area contributed by atoms with Crippen molar-refractivity contribution in [2.45, 2.75) is 6.04 Å². The van der Waals surface area contributed by atoms with Gasteiger partial charge in [0.2, 0.25) is 0 Å². The highest BCUT2D eigenvalue weighted by atomic mass is 35.5. The Bertz CT molecular complexity index is 496. The fourth-order valence-corrected chi connectivity index (χ4v) is 1.92. The number of hydrogen-bond donors (Lipinski definition) is 3. The van der Waals surface area contributed by atoms with Gasteiger partial charge in [-0.05, 0) is 29.3 Å². The Hall–Kier alpha value is -1.55. The third-order valence-electron chi connectivity index (χ3n) is 2.68. The van der Waals surface area contributed by atoms with E-state index in [1.165, 1.54) is 0 Å². The lowest BCUT2D eigenvalue weighted by Gasteiger charge is -2.18. The Morgan fingerprint density at radius 1 is 1.00 bits per heavy atom. The van der Waals surface area contributed by atoms with Crippen LogP contribution in [-0.2, 0) is 0 Å². The molecule has 0 bridgehead atoms. The van der Waals surface area contributed by atoms with Crippen molar-refractivity contribution in [3.05, 3.63) is 64.7 Å². The third kappa shape index (κ3) is 2.58. The highest BCUT2D eigenvalue weighted by Gasteiger charge is 2.14. The Kier molecular flexibility index (Phi) is 3.64. The predicted octanol–water partition coefficient (Wildman–Crippen LogP) is 2.47. The third-order valence-corrected chi connectivity index (χ3v) is 2.93. The number of rotatable bonds is 3. The van der Waals surface area contributed by atoms with E-state index < -0.39 is 0 Å². The van der Waals surface area contributed by atoms with Gasteiger partial charge in [0.25, 0.3) is 0 Å². The highest BCUT2D eigenvalue weighted by Crippen LogP contribution is 2.26. The summed E-state index contributed by atoms with van der Waals surface area (Å²) in [7, 11) is 0. The fraction of sp³-hybridized carbons (Fsp3) is 0.0769. The molecule has 0 saturated heterocycles. The van der Waals surface area contributed by atoms with Crippen LogP contribution in [0.1, 0.15) is 17.2 Å². The lowest BCUT2D eigenvalue weighted by atomic mass is 9.98. The second-order valence-electron chi connectivity index (χ2n) is 3.78. The summed E-state index contributed by atoms with van der Waals surface area (Å²) in [5.41, 5.74) is 11.4. The lowest BCUT2D eigenvalue weighted by molar-refractivity contribution is 0.638. The fourth-order valence-electron chi connectivity index (χ4n) is 1.79. The molecule has 5 N–H and O–H groups in total. The van der Waals surface area contributed by atoms with E-state index in [0.717, 1.165) is 11.1 Å². The second-order valence-corrected chi connectivity index (χ2v) is 4.22. The minimum absolute atomic E-state index is 0.131.